The maximum atomic E-state index is 12.3. The van der Waals surface area contributed by atoms with Crippen LogP contribution in [0.2, 0.25) is 0 Å². The molecule has 7 nitrogen and oxygen atoms in total. The molecule has 4 rings (SSSR count). The number of aliphatic hydroxyl groups is 1. The van der Waals surface area contributed by atoms with Crippen LogP contribution in [0.25, 0.3) is 11.5 Å². The number of benzene rings is 1. The summed E-state index contributed by atoms with van der Waals surface area (Å²) in [5.41, 5.74) is 0. The molecule has 0 fully saturated rings. The zero-order chi connectivity index (χ0) is 17.9. The number of hydrogen-bond acceptors (Lipinski definition) is 6. The van der Waals surface area contributed by atoms with Crippen LogP contribution < -0.4 is 14.8 Å². The molecule has 1 aliphatic heterocycles. The summed E-state index contributed by atoms with van der Waals surface area (Å²) in [6.07, 6.45) is -0.217. The predicted molar refractivity (Wildman–Crippen MR) is 90.7 cm³/mol. The Morgan fingerprint density at radius 2 is 1.96 bits per heavy atom. The highest BCUT2D eigenvalue weighted by Gasteiger charge is 2.27. The molecule has 26 heavy (non-hydrogen) atoms. The predicted octanol–water partition coefficient (Wildman–Crippen LogP) is 2.53. The van der Waals surface area contributed by atoms with Crippen molar-refractivity contribution < 1.29 is 28.2 Å². The average Bonchev–Trinajstić information content (AvgIpc) is 3.36. The van der Waals surface area contributed by atoms with Crippen LogP contribution >= 0.6 is 0 Å². The SMILES string of the molecule is O=C(NCC(O)c1ccc(-c2ccco2)o1)C1COc2ccccc2O1. The first-order valence-corrected chi connectivity index (χ1v) is 8.18. The van der Waals surface area contributed by atoms with Gasteiger partial charge in [-0.3, -0.25) is 4.79 Å². The van der Waals surface area contributed by atoms with Gasteiger partial charge in [0.25, 0.3) is 5.91 Å². The number of hydrogen-bond donors (Lipinski definition) is 2. The van der Waals surface area contributed by atoms with Crippen molar-refractivity contribution in [3.63, 3.8) is 0 Å². The maximum Gasteiger partial charge on any atom is 0.264 e. The second-order valence-electron chi connectivity index (χ2n) is 5.80. The van der Waals surface area contributed by atoms with E-state index in [-0.39, 0.29) is 19.1 Å². The van der Waals surface area contributed by atoms with Gasteiger partial charge in [0.2, 0.25) is 6.10 Å². The number of carbonyl (C=O) groups excluding carboxylic acids is 1. The lowest BCUT2D eigenvalue weighted by atomic mass is 10.2. The number of ether oxygens (including phenoxy) is 2. The van der Waals surface area contributed by atoms with Gasteiger partial charge in [-0.25, -0.2) is 0 Å². The van der Waals surface area contributed by atoms with E-state index in [2.05, 4.69) is 5.32 Å². The van der Waals surface area contributed by atoms with Gasteiger partial charge in [-0.2, -0.15) is 0 Å². The van der Waals surface area contributed by atoms with Crippen molar-refractivity contribution in [3.8, 4) is 23.0 Å². The van der Waals surface area contributed by atoms with Gasteiger partial charge >= 0.3 is 0 Å². The minimum Gasteiger partial charge on any atom is -0.485 e. The number of nitrogens with one attached hydrogen (secondary N) is 1. The molecule has 0 saturated heterocycles. The Kier molecular flexibility index (Phi) is 4.37. The molecule has 0 aliphatic carbocycles. The molecule has 1 amide bonds. The first-order valence-electron chi connectivity index (χ1n) is 8.18. The van der Waals surface area contributed by atoms with E-state index in [0.29, 0.717) is 28.8 Å². The summed E-state index contributed by atoms with van der Waals surface area (Å²) in [6.45, 7) is 0.105. The molecule has 3 aromatic rings. The number of carbonyl (C=O) groups is 1. The normalized spacial score (nSPS) is 16.9. The summed E-state index contributed by atoms with van der Waals surface area (Å²) in [5, 5.41) is 12.9. The molecule has 3 heterocycles. The van der Waals surface area contributed by atoms with Crippen molar-refractivity contribution >= 4 is 5.91 Å². The third kappa shape index (κ3) is 3.29. The third-order valence-electron chi connectivity index (χ3n) is 3.99. The van der Waals surface area contributed by atoms with Gasteiger partial charge in [0.1, 0.15) is 18.5 Å². The largest absolute Gasteiger partial charge is 0.485 e. The number of amides is 1. The molecule has 1 aromatic carbocycles. The van der Waals surface area contributed by atoms with Crippen molar-refractivity contribution in [1.29, 1.82) is 0 Å². The number of furan rings is 2. The lowest BCUT2D eigenvalue weighted by molar-refractivity contribution is -0.130. The van der Waals surface area contributed by atoms with Crippen LogP contribution in [-0.2, 0) is 4.79 Å². The zero-order valence-electron chi connectivity index (χ0n) is 13.8. The summed E-state index contributed by atoms with van der Waals surface area (Å²) < 4.78 is 22.0. The van der Waals surface area contributed by atoms with E-state index in [4.69, 9.17) is 18.3 Å². The number of para-hydroxylation sites is 2. The van der Waals surface area contributed by atoms with E-state index in [1.54, 1.807) is 48.7 Å². The smallest absolute Gasteiger partial charge is 0.264 e. The van der Waals surface area contributed by atoms with Crippen LogP contribution in [-0.4, -0.2) is 30.3 Å². The molecule has 2 aromatic heterocycles. The van der Waals surface area contributed by atoms with Crippen molar-refractivity contribution in [2.75, 3.05) is 13.2 Å². The topological polar surface area (TPSA) is 94.1 Å². The Morgan fingerprint density at radius 3 is 2.77 bits per heavy atom. The molecular formula is C19H17NO6. The van der Waals surface area contributed by atoms with E-state index in [0.717, 1.165) is 0 Å². The van der Waals surface area contributed by atoms with E-state index in [1.807, 2.05) is 6.07 Å². The molecule has 0 bridgehead atoms. The Balaban J connectivity index is 1.33. The van der Waals surface area contributed by atoms with Gasteiger partial charge in [-0.05, 0) is 36.4 Å². The number of rotatable bonds is 5. The van der Waals surface area contributed by atoms with E-state index >= 15 is 0 Å². The van der Waals surface area contributed by atoms with Crippen molar-refractivity contribution in [2.45, 2.75) is 12.2 Å². The molecule has 1 aliphatic rings. The summed E-state index contributed by atoms with van der Waals surface area (Å²) >= 11 is 0. The van der Waals surface area contributed by atoms with Crippen LogP contribution in [0.3, 0.4) is 0 Å². The van der Waals surface area contributed by atoms with Gasteiger partial charge in [0.15, 0.2) is 23.0 Å². The van der Waals surface area contributed by atoms with Gasteiger partial charge in [0.05, 0.1) is 12.8 Å². The standard InChI is InChI=1S/C19H17NO6/c21-12(13-7-8-17(25-13)14-6-3-9-23-14)10-20-19(22)18-11-24-15-4-1-2-5-16(15)26-18/h1-9,12,18,21H,10-11H2,(H,20,22). The summed E-state index contributed by atoms with van der Waals surface area (Å²) in [6, 6.07) is 14.0. The molecule has 134 valence electrons. The highest BCUT2D eigenvalue weighted by atomic mass is 16.6. The van der Waals surface area contributed by atoms with Crippen molar-refractivity contribution in [1.82, 2.24) is 5.32 Å². The third-order valence-corrected chi connectivity index (χ3v) is 3.99. The van der Waals surface area contributed by atoms with Gasteiger partial charge in [-0.1, -0.05) is 12.1 Å². The summed E-state index contributed by atoms with van der Waals surface area (Å²) in [7, 11) is 0. The molecule has 2 atom stereocenters. The molecule has 2 unspecified atom stereocenters. The van der Waals surface area contributed by atoms with Gasteiger partial charge in [-0.15, -0.1) is 0 Å². The highest BCUT2D eigenvalue weighted by Crippen LogP contribution is 2.31. The lowest BCUT2D eigenvalue weighted by Crippen LogP contribution is -2.45. The Labute approximate surface area is 149 Å². The second-order valence-corrected chi connectivity index (χ2v) is 5.80. The van der Waals surface area contributed by atoms with E-state index in [1.165, 1.54) is 0 Å². The first kappa shape index (κ1) is 16.3. The van der Waals surface area contributed by atoms with Gasteiger partial charge < -0.3 is 28.7 Å². The monoisotopic (exact) mass is 355 g/mol. The van der Waals surface area contributed by atoms with Gasteiger partial charge in [0, 0.05) is 0 Å². The van der Waals surface area contributed by atoms with E-state index in [9.17, 15) is 9.90 Å². The second kappa shape index (κ2) is 6.97. The number of aliphatic hydroxyl groups excluding tert-OH is 1. The molecular weight excluding hydrogens is 338 g/mol. The minimum atomic E-state index is -0.987. The lowest BCUT2D eigenvalue weighted by Gasteiger charge is -2.25. The Morgan fingerprint density at radius 1 is 1.12 bits per heavy atom. The fourth-order valence-electron chi connectivity index (χ4n) is 2.64. The zero-order valence-corrected chi connectivity index (χ0v) is 13.8. The molecule has 0 radical (unpaired) electrons. The van der Waals surface area contributed by atoms with Crippen molar-refractivity contribution in [2.24, 2.45) is 0 Å². The molecule has 7 heteroatoms. The van der Waals surface area contributed by atoms with Crippen molar-refractivity contribution in [3.05, 3.63) is 60.6 Å². The summed E-state index contributed by atoms with van der Waals surface area (Å²) in [5.74, 6) is 2.18. The van der Waals surface area contributed by atoms with Crippen LogP contribution in [0.1, 0.15) is 11.9 Å². The molecule has 0 spiro atoms. The first-order chi connectivity index (χ1) is 12.7. The van der Waals surface area contributed by atoms with Crippen LogP contribution in [0.4, 0.5) is 0 Å². The van der Waals surface area contributed by atoms with E-state index < -0.39 is 12.2 Å². The maximum absolute atomic E-state index is 12.3. The number of fused-ring (bicyclic) bond motifs is 1. The fraction of sp³-hybridized carbons (Fsp3) is 0.211. The Bertz CT molecular complexity index is 885. The highest BCUT2D eigenvalue weighted by molar-refractivity contribution is 5.81. The van der Waals surface area contributed by atoms with Crippen LogP contribution in [0.15, 0.2) is 63.6 Å². The van der Waals surface area contributed by atoms with Crippen LogP contribution in [0, 0.1) is 0 Å². The Hall–Kier alpha value is -3.19. The van der Waals surface area contributed by atoms with Crippen LogP contribution in [0.5, 0.6) is 11.5 Å². The fourth-order valence-corrected chi connectivity index (χ4v) is 2.64. The molecule has 2 N–H and O–H groups in total. The average molecular weight is 355 g/mol. The quantitative estimate of drug-likeness (QED) is 0.730. The minimum absolute atomic E-state index is 0.00848. The summed E-state index contributed by atoms with van der Waals surface area (Å²) in [4.78, 5) is 12.3. The molecule has 0 saturated carbocycles.